The van der Waals surface area contributed by atoms with Crippen molar-refractivity contribution in [2.45, 2.75) is 341 Å². The molecule has 0 N–H and O–H groups in total. The fraction of sp³-hybridized carbons (Fsp3) is 0.764. The fourth-order valence-electron chi connectivity index (χ4n) is 9.58. The molecule has 0 amide bonds. The van der Waals surface area contributed by atoms with Gasteiger partial charge in [-0.1, -0.05) is 286 Å². The third-order valence-electron chi connectivity index (χ3n) is 14.6. The molecule has 1 atom stereocenters. The van der Waals surface area contributed by atoms with E-state index in [0.717, 1.165) is 96.3 Å². The highest BCUT2D eigenvalue weighted by atomic mass is 16.6. The second kappa shape index (κ2) is 66.1. The minimum atomic E-state index is -0.784. The molecule has 6 heteroatoms. The first-order valence-corrected chi connectivity index (χ1v) is 33.6. The third-order valence-corrected chi connectivity index (χ3v) is 14.6. The van der Waals surface area contributed by atoms with Gasteiger partial charge < -0.3 is 14.2 Å². The molecule has 0 fully saturated rings. The van der Waals surface area contributed by atoms with Gasteiger partial charge in [-0.05, 0) is 116 Å². The van der Waals surface area contributed by atoms with E-state index in [-0.39, 0.29) is 31.1 Å². The maximum Gasteiger partial charge on any atom is 0.306 e. The average molecular weight is 1090 g/mol. The number of hydrogen-bond acceptors (Lipinski definition) is 6. The van der Waals surface area contributed by atoms with Crippen LogP contribution in [-0.4, -0.2) is 37.2 Å². The molecule has 0 radical (unpaired) electrons. The first-order valence-electron chi connectivity index (χ1n) is 33.6. The van der Waals surface area contributed by atoms with Crippen LogP contribution in [0.5, 0.6) is 0 Å². The van der Waals surface area contributed by atoms with Crippen LogP contribution in [0.3, 0.4) is 0 Å². The van der Waals surface area contributed by atoms with Crippen molar-refractivity contribution < 1.29 is 28.6 Å². The monoisotopic (exact) mass is 1090 g/mol. The van der Waals surface area contributed by atoms with Crippen LogP contribution in [-0.2, 0) is 28.6 Å². The van der Waals surface area contributed by atoms with Crippen LogP contribution in [0.15, 0.2) is 85.1 Å². The van der Waals surface area contributed by atoms with E-state index in [4.69, 9.17) is 14.2 Å². The second-order valence-corrected chi connectivity index (χ2v) is 22.3. The van der Waals surface area contributed by atoms with Crippen molar-refractivity contribution in [3.8, 4) is 0 Å². The molecule has 0 heterocycles. The van der Waals surface area contributed by atoms with Gasteiger partial charge in [0, 0.05) is 19.3 Å². The summed E-state index contributed by atoms with van der Waals surface area (Å²) in [6.45, 7) is 6.55. The molecule has 78 heavy (non-hydrogen) atoms. The highest BCUT2D eigenvalue weighted by Gasteiger charge is 2.19. The Morgan fingerprint density at radius 2 is 0.500 bits per heavy atom. The summed E-state index contributed by atoms with van der Waals surface area (Å²) in [5, 5.41) is 0. The van der Waals surface area contributed by atoms with Crippen LogP contribution in [0, 0.1) is 0 Å². The molecule has 6 nitrogen and oxygen atoms in total. The molecule has 0 aliphatic heterocycles. The van der Waals surface area contributed by atoms with E-state index in [1.165, 1.54) is 199 Å². The number of rotatable bonds is 61. The predicted molar refractivity (Wildman–Crippen MR) is 339 cm³/mol. The Labute approximate surface area is 484 Å². The summed E-state index contributed by atoms with van der Waals surface area (Å²) in [7, 11) is 0. The summed E-state index contributed by atoms with van der Waals surface area (Å²) in [6.07, 6.45) is 87.3. The molecule has 0 rings (SSSR count). The lowest BCUT2D eigenvalue weighted by molar-refractivity contribution is -0.167. The Bertz CT molecular complexity index is 1480. The van der Waals surface area contributed by atoms with Crippen LogP contribution in [0.25, 0.3) is 0 Å². The maximum absolute atomic E-state index is 12.9. The normalized spacial score (nSPS) is 12.6. The predicted octanol–water partition coefficient (Wildman–Crippen LogP) is 23.1. The quantitative estimate of drug-likeness (QED) is 0.0261. The van der Waals surface area contributed by atoms with E-state index in [9.17, 15) is 14.4 Å². The highest BCUT2D eigenvalue weighted by molar-refractivity contribution is 5.71. The van der Waals surface area contributed by atoms with Crippen LogP contribution < -0.4 is 0 Å². The van der Waals surface area contributed by atoms with E-state index in [1.807, 2.05) is 0 Å². The molecule has 0 aliphatic carbocycles. The van der Waals surface area contributed by atoms with Gasteiger partial charge in [-0.2, -0.15) is 0 Å². The largest absolute Gasteiger partial charge is 0.462 e. The molecule has 0 aromatic rings. The lowest BCUT2D eigenvalue weighted by atomic mass is 10.0. The van der Waals surface area contributed by atoms with E-state index in [2.05, 4.69) is 106 Å². The Morgan fingerprint density at radius 1 is 0.269 bits per heavy atom. The Kier molecular flexibility index (Phi) is 63.2. The Hall–Kier alpha value is -3.41. The summed E-state index contributed by atoms with van der Waals surface area (Å²) in [4.78, 5) is 38.4. The molecule has 0 bridgehead atoms. The number of carbonyl (C=O) groups is 3. The summed E-state index contributed by atoms with van der Waals surface area (Å²) >= 11 is 0. The number of allylic oxidation sites excluding steroid dienone is 14. The lowest BCUT2D eigenvalue weighted by Crippen LogP contribution is -2.30. The Morgan fingerprint density at radius 3 is 0.795 bits per heavy atom. The topological polar surface area (TPSA) is 78.9 Å². The van der Waals surface area contributed by atoms with Crippen LogP contribution in [0.4, 0.5) is 0 Å². The second-order valence-electron chi connectivity index (χ2n) is 22.3. The van der Waals surface area contributed by atoms with Crippen LogP contribution in [0.1, 0.15) is 335 Å². The van der Waals surface area contributed by atoms with E-state index in [0.29, 0.717) is 19.3 Å². The summed E-state index contributed by atoms with van der Waals surface area (Å²) < 4.78 is 17.0. The SMILES string of the molecule is CC/C=C\C/C=C\C/C=C\C/C=C\C/C=C\CCCCCCCCCCCCCC(=O)OCC(COC(=O)CCCCCCC/C=C\CCCCCCCCC)OC(=O)CCCCCCCCC/C=C\CCCCCCCC. The molecular weight excluding hydrogens is 961 g/mol. The summed E-state index contributed by atoms with van der Waals surface area (Å²) in [5.74, 6) is -0.880. The van der Waals surface area contributed by atoms with Crippen molar-refractivity contribution in [1.29, 1.82) is 0 Å². The summed E-state index contributed by atoms with van der Waals surface area (Å²) in [5.41, 5.74) is 0. The lowest BCUT2D eigenvalue weighted by Gasteiger charge is -2.18. The third kappa shape index (κ3) is 63.4. The molecule has 0 saturated heterocycles. The van der Waals surface area contributed by atoms with Gasteiger partial charge in [0.25, 0.3) is 0 Å². The molecule has 0 aliphatic rings. The van der Waals surface area contributed by atoms with Crippen molar-refractivity contribution in [3.05, 3.63) is 85.1 Å². The smallest absolute Gasteiger partial charge is 0.306 e. The highest BCUT2D eigenvalue weighted by Crippen LogP contribution is 2.16. The number of carbonyl (C=O) groups excluding carboxylic acids is 3. The van der Waals surface area contributed by atoms with Gasteiger partial charge in [0.05, 0.1) is 0 Å². The van der Waals surface area contributed by atoms with Gasteiger partial charge in [0.2, 0.25) is 0 Å². The van der Waals surface area contributed by atoms with Gasteiger partial charge in [0.15, 0.2) is 6.10 Å². The van der Waals surface area contributed by atoms with Gasteiger partial charge in [-0.15, -0.1) is 0 Å². The minimum absolute atomic E-state index is 0.0804. The van der Waals surface area contributed by atoms with Gasteiger partial charge in [0.1, 0.15) is 13.2 Å². The zero-order valence-corrected chi connectivity index (χ0v) is 51.7. The standard InChI is InChI=1S/C72H126O6/c1-4-7-10-13-16-19-22-25-28-31-32-33-34-35-36-37-38-39-40-42-44-47-50-53-56-59-62-65-71(74)77-68-69(67-76-70(73)64-61-58-55-52-49-46-43-30-27-24-21-18-15-12-9-6-3)78-72(75)66-63-60-57-54-51-48-45-41-29-26-23-20-17-14-11-8-5-2/h7,10,16,19,25-26,28-30,32-33,35-36,43,69H,4-6,8-9,11-15,17-18,20-24,27,31,34,37-42,44-68H2,1-3H3/b10-7-,19-16-,28-25-,29-26-,33-32-,36-35-,43-30-. The van der Waals surface area contributed by atoms with Gasteiger partial charge in [-0.3, -0.25) is 14.4 Å². The zero-order chi connectivity index (χ0) is 56.4. The molecule has 0 aromatic heterocycles. The van der Waals surface area contributed by atoms with Gasteiger partial charge >= 0.3 is 17.9 Å². The van der Waals surface area contributed by atoms with E-state index in [1.54, 1.807) is 0 Å². The first-order chi connectivity index (χ1) is 38.5. The molecule has 0 saturated carbocycles. The Balaban J connectivity index is 4.32. The van der Waals surface area contributed by atoms with Crippen molar-refractivity contribution >= 4 is 17.9 Å². The molecule has 450 valence electrons. The molecular formula is C72H126O6. The number of hydrogen-bond donors (Lipinski definition) is 0. The van der Waals surface area contributed by atoms with Crippen molar-refractivity contribution in [1.82, 2.24) is 0 Å². The van der Waals surface area contributed by atoms with Crippen molar-refractivity contribution in [2.75, 3.05) is 13.2 Å². The van der Waals surface area contributed by atoms with Crippen molar-refractivity contribution in [2.24, 2.45) is 0 Å². The zero-order valence-electron chi connectivity index (χ0n) is 51.7. The van der Waals surface area contributed by atoms with Crippen LogP contribution in [0.2, 0.25) is 0 Å². The fourth-order valence-corrected chi connectivity index (χ4v) is 9.58. The van der Waals surface area contributed by atoms with Gasteiger partial charge in [-0.25, -0.2) is 0 Å². The molecule has 1 unspecified atom stereocenters. The number of unbranched alkanes of at least 4 members (excludes halogenated alkanes) is 36. The first kappa shape index (κ1) is 74.6. The molecule has 0 aromatic carbocycles. The minimum Gasteiger partial charge on any atom is -0.462 e. The molecule has 0 spiro atoms. The summed E-state index contributed by atoms with van der Waals surface area (Å²) in [6, 6.07) is 0. The van der Waals surface area contributed by atoms with E-state index >= 15 is 0 Å². The van der Waals surface area contributed by atoms with Crippen molar-refractivity contribution in [3.63, 3.8) is 0 Å². The van der Waals surface area contributed by atoms with E-state index < -0.39 is 6.10 Å². The number of esters is 3. The number of ether oxygens (including phenoxy) is 3. The average Bonchev–Trinajstić information content (AvgIpc) is 3.44. The van der Waals surface area contributed by atoms with Crippen LogP contribution >= 0.6 is 0 Å². The maximum atomic E-state index is 12.9.